The number of carboxylic acids is 1. The van der Waals surface area contributed by atoms with Crippen molar-refractivity contribution in [1.82, 2.24) is 0 Å². The van der Waals surface area contributed by atoms with Crippen LogP contribution in [0.1, 0.15) is 0 Å². The number of rotatable bonds is 2. The maximum absolute atomic E-state index is 9.52. The van der Waals surface area contributed by atoms with Crippen LogP contribution in [0.4, 0.5) is 0 Å². The Morgan fingerprint density at radius 3 is 1.78 bits per heavy atom. The van der Waals surface area contributed by atoms with Crippen molar-refractivity contribution in [2.75, 3.05) is 6.61 Å². The van der Waals surface area contributed by atoms with E-state index in [9.17, 15) is 4.79 Å². The standard InChI is InChI=1S/C3H6O4.2Na.2H/c4-1-2(5)3(6)7;;;;/h2,4-5H,1H2,(H,6,7);;;;. The van der Waals surface area contributed by atoms with Gasteiger partial charge in [0.05, 0.1) is 6.61 Å². The first-order valence-corrected chi connectivity index (χ1v) is 1.70. The van der Waals surface area contributed by atoms with E-state index >= 15 is 0 Å². The van der Waals surface area contributed by atoms with Gasteiger partial charge in [-0.05, 0) is 0 Å². The van der Waals surface area contributed by atoms with Crippen LogP contribution in [-0.4, -0.2) is 93.1 Å². The molecule has 0 aliphatic carbocycles. The molecule has 0 saturated carbocycles. The number of aliphatic carboxylic acids is 1. The van der Waals surface area contributed by atoms with Crippen molar-refractivity contribution in [2.45, 2.75) is 6.10 Å². The maximum atomic E-state index is 9.52. The van der Waals surface area contributed by atoms with Gasteiger partial charge in [0.15, 0.2) is 6.10 Å². The Hall–Kier alpha value is 1.39. The van der Waals surface area contributed by atoms with Crippen LogP contribution in [0.3, 0.4) is 0 Å². The third kappa shape index (κ3) is 9.39. The molecule has 4 nitrogen and oxygen atoms in total. The van der Waals surface area contributed by atoms with Crippen molar-refractivity contribution in [3.05, 3.63) is 0 Å². The Morgan fingerprint density at radius 1 is 1.44 bits per heavy atom. The fourth-order valence-corrected chi connectivity index (χ4v) is 0.0781. The molecule has 3 N–H and O–H groups in total. The van der Waals surface area contributed by atoms with E-state index in [1.165, 1.54) is 0 Å². The van der Waals surface area contributed by atoms with Crippen LogP contribution in [0.15, 0.2) is 0 Å². The van der Waals surface area contributed by atoms with Gasteiger partial charge in [0, 0.05) is 0 Å². The molecule has 0 aromatic heterocycles. The van der Waals surface area contributed by atoms with Gasteiger partial charge < -0.3 is 15.3 Å². The molecule has 0 bridgehead atoms. The van der Waals surface area contributed by atoms with Crippen LogP contribution in [0.2, 0.25) is 0 Å². The summed E-state index contributed by atoms with van der Waals surface area (Å²) in [6, 6.07) is 0. The van der Waals surface area contributed by atoms with Gasteiger partial charge in [-0.25, -0.2) is 4.79 Å². The van der Waals surface area contributed by atoms with Gasteiger partial charge >= 0.3 is 65.1 Å². The van der Waals surface area contributed by atoms with Crippen LogP contribution < -0.4 is 0 Å². The van der Waals surface area contributed by atoms with Crippen molar-refractivity contribution < 1.29 is 20.1 Å². The summed E-state index contributed by atoms with van der Waals surface area (Å²) in [7, 11) is 0. The van der Waals surface area contributed by atoms with Gasteiger partial charge in [0.1, 0.15) is 0 Å². The first-order valence-electron chi connectivity index (χ1n) is 1.70. The van der Waals surface area contributed by atoms with E-state index in [0.717, 1.165) is 0 Å². The van der Waals surface area contributed by atoms with Crippen LogP contribution >= 0.6 is 0 Å². The quantitative estimate of drug-likeness (QED) is 0.373. The first-order chi connectivity index (χ1) is 3.18. The molecule has 0 heterocycles. The Balaban J connectivity index is -0.000000180. The fourth-order valence-electron chi connectivity index (χ4n) is 0.0781. The van der Waals surface area contributed by atoms with Crippen molar-refractivity contribution in [2.24, 2.45) is 0 Å². The predicted octanol–water partition coefficient (Wildman–Crippen LogP) is -2.87. The Labute approximate surface area is 96.8 Å². The van der Waals surface area contributed by atoms with E-state index in [4.69, 9.17) is 15.3 Å². The van der Waals surface area contributed by atoms with E-state index in [-0.39, 0.29) is 59.1 Å². The normalized spacial score (nSPS) is 10.4. The molecule has 46 valence electrons. The molecule has 0 amide bonds. The molecule has 0 rings (SSSR count). The van der Waals surface area contributed by atoms with Crippen molar-refractivity contribution in [3.8, 4) is 0 Å². The molecule has 0 aliphatic rings. The van der Waals surface area contributed by atoms with Gasteiger partial charge in [0.2, 0.25) is 0 Å². The summed E-state index contributed by atoms with van der Waals surface area (Å²) in [6.07, 6.45) is -1.63. The van der Waals surface area contributed by atoms with Crippen molar-refractivity contribution in [1.29, 1.82) is 0 Å². The second-order valence-corrected chi connectivity index (χ2v) is 1.04. The minimum atomic E-state index is -1.63. The number of aliphatic hydroxyl groups excluding tert-OH is 2. The summed E-state index contributed by atoms with van der Waals surface area (Å²) in [5, 5.41) is 23.7. The van der Waals surface area contributed by atoms with E-state index < -0.39 is 18.7 Å². The van der Waals surface area contributed by atoms with E-state index in [2.05, 4.69) is 0 Å². The van der Waals surface area contributed by atoms with Crippen molar-refractivity contribution >= 4 is 65.1 Å². The van der Waals surface area contributed by atoms with Gasteiger partial charge in [-0.1, -0.05) is 0 Å². The van der Waals surface area contributed by atoms with Gasteiger partial charge in [-0.15, -0.1) is 0 Å². The zero-order valence-electron chi connectivity index (χ0n) is 3.53. The molecule has 0 saturated heterocycles. The molecule has 0 radical (unpaired) electrons. The minimum absolute atomic E-state index is 0. The number of carboxylic acid groups (broad SMARTS) is 1. The molecular weight excluding hydrogens is 146 g/mol. The average molecular weight is 154 g/mol. The molecule has 1 atom stereocenters. The predicted molar refractivity (Wildman–Crippen MR) is 35.0 cm³/mol. The molecule has 1 unspecified atom stereocenters. The van der Waals surface area contributed by atoms with Crippen LogP contribution in [0.5, 0.6) is 0 Å². The third-order valence-corrected chi connectivity index (χ3v) is 0.458. The van der Waals surface area contributed by atoms with Crippen LogP contribution in [-0.2, 0) is 4.79 Å². The summed E-state index contributed by atoms with van der Waals surface area (Å²) >= 11 is 0. The summed E-state index contributed by atoms with van der Waals surface area (Å²) in [5.41, 5.74) is 0. The topological polar surface area (TPSA) is 77.8 Å². The molecule has 0 aromatic carbocycles. The zero-order chi connectivity index (χ0) is 5.86. The summed E-state index contributed by atoms with van der Waals surface area (Å²) < 4.78 is 0. The second kappa shape index (κ2) is 9.39. The Morgan fingerprint density at radius 2 is 1.78 bits per heavy atom. The molecular formula is C3H8Na2O4. The van der Waals surface area contributed by atoms with Crippen molar-refractivity contribution in [3.63, 3.8) is 0 Å². The molecule has 6 heteroatoms. The van der Waals surface area contributed by atoms with Gasteiger partial charge in [-0.2, -0.15) is 0 Å². The Bertz CT molecular complexity index is 76.2. The Kier molecular flexibility index (Phi) is 17.5. The van der Waals surface area contributed by atoms with Crippen LogP contribution in [0, 0.1) is 0 Å². The molecule has 0 fully saturated rings. The zero-order valence-corrected chi connectivity index (χ0v) is 3.53. The summed E-state index contributed by atoms with van der Waals surface area (Å²) in [5.74, 6) is -1.40. The fraction of sp³-hybridized carbons (Fsp3) is 0.667. The summed E-state index contributed by atoms with van der Waals surface area (Å²) in [6.45, 7) is -0.727. The number of carbonyl (C=O) groups is 1. The number of hydrogen-bond acceptors (Lipinski definition) is 3. The SMILES string of the molecule is O=C(O)C(O)CO.[NaH].[NaH]. The number of hydrogen-bond donors (Lipinski definition) is 3. The number of aliphatic hydroxyl groups is 2. The average Bonchev–Trinajstić information content (AvgIpc) is 1.65. The van der Waals surface area contributed by atoms with E-state index in [0.29, 0.717) is 0 Å². The van der Waals surface area contributed by atoms with E-state index in [1.807, 2.05) is 0 Å². The molecule has 9 heavy (non-hydrogen) atoms. The van der Waals surface area contributed by atoms with Gasteiger partial charge in [0.25, 0.3) is 0 Å². The third-order valence-electron chi connectivity index (χ3n) is 0.458. The van der Waals surface area contributed by atoms with Crippen LogP contribution in [0.25, 0.3) is 0 Å². The molecule has 0 spiro atoms. The molecule has 0 aliphatic heterocycles. The summed E-state index contributed by atoms with van der Waals surface area (Å²) in [4.78, 5) is 9.52. The van der Waals surface area contributed by atoms with E-state index in [1.54, 1.807) is 0 Å². The van der Waals surface area contributed by atoms with Gasteiger partial charge in [-0.3, -0.25) is 0 Å². The monoisotopic (exact) mass is 154 g/mol. The second-order valence-electron chi connectivity index (χ2n) is 1.04. The first kappa shape index (κ1) is 16.8. The molecule has 0 aromatic rings.